The molecule has 0 aromatic heterocycles. The molecule has 88 valence electrons. The standard InChI is InChI=1S/C13H19FN2/c1-16(8-10-2-3-10)9-11-4-5-13(14)12(6-11)7-15/h4-6,10H,2-3,7-9,15H2,1H3. The third kappa shape index (κ3) is 3.03. The molecule has 1 aromatic carbocycles. The number of halogens is 1. The van der Waals surface area contributed by atoms with Crippen LogP contribution < -0.4 is 5.73 Å². The van der Waals surface area contributed by atoms with Crippen LogP contribution in [0.15, 0.2) is 18.2 Å². The second-order valence-corrected chi connectivity index (χ2v) is 4.77. The van der Waals surface area contributed by atoms with Gasteiger partial charge in [-0.25, -0.2) is 4.39 Å². The third-order valence-electron chi connectivity index (χ3n) is 3.05. The summed E-state index contributed by atoms with van der Waals surface area (Å²) in [5.41, 5.74) is 7.24. The minimum Gasteiger partial charge on any atom is -0.326 e. The molecule has 3 heteroatoms. The Labute approximate surface area is 96.2 Å². The first-order valence-corrected chi connectivity index (χ1v) is 5.85. The second-order valence-electron chi connectivity index (χ2n) is 4.77. The molecule has 0 heterocycles. The molecule has 0 atom stereocenters. The van der Waals surface area contributed by atoms with Gasteiger partial charge in [0.15, 0.2) is 0 Å². The van der Waals surface area contributed by atoms with Crippen LogP contribution in [0.25, 0.3) is 0 Å². The van der Waals surface area contributed by atoms with Gasteiger partial charge in [-0.1, -0.05) is 12.1 Å². The van der Waals surface area contributed by atoms with Gasteiger partial charge in [-0.05, 0) is 37.4 Å². The molecule has 0 spiro atoms. The molecule has 1 aliphatic carbocycles. The number of nitrogens with zero attached hydrogens (tertiary/aromatic N) is 1. The van der Waals surface area contributed by atoms with Crippen LogP contribution in [0.4, 0.5) is 4.39 Å². The van der Waals surface area contributed by atoms with Crippen molar-refractivity contribution in [2.24, 2.45) is 11.7 Å². The van der Waals surface area contributed by atoms with Gasteiger partial charge in [0, 0.05) is 25.2 Å². The Morgan fingerprint density at radius 2 is 2.19 bits per heavy atom. The Balaban J connectivity index is 1.97. The molecule has 2 N–H and O–H groups in total. The summed E-state index contributed by atoms with van der Waals surface area (Å²) in [5, 5.41) is 0. The smallest absolute Gasteiger partial charge is 0.127 e. The van der Waals surface area contributed by atoms with Gasteiger partial charge in [-0.3, -0.25) is 0 Å². The topological polar surface area (TPSA) is 29.3 Å². The van der Waals surface area contributed by atoms with Gasteiger partial charge in [0.25, 0.3) is 0 Å². The lowest BCUT2D eigenvalue weighted by Gasteiger charge is -2.16. The lowest BCUT2D eigenvalue weighted by atomic mass is 10.1. The minimum absolute atomic E-state index is 0.198. The van der Waals surface area contributed by atoms with Crippen LogP contribution >= 0.6 is 0 Å². The molecule has 1 aliphatic rings. The van der Waals surface area contributed by atoms with E-state index in [1.165, 1.54) is 18.9 Å². The maximum absolute atomic E-state index is 13.2. The third-order valence-corrected chi connectivity index (χ3v) is 3.05. The van der Waals surface area contributed by atoms with Crippen molar-refractivity contribution in [2.45, 2.75) is 25.9 Å². The summed E-state index contributed by atoms with van der Waals surface area (Å²) < 4.78 is 13.2. The van der Waals surface area contributed by atoms with Crippen LogP contribution in [0.1, 0.15) is 24.0 Å². The predicted octanol–water partition coefficient (Wildman–Crippen LogP) is 2.13. The monoisotopic (exact) mass is 222 g/mol. The van der Waals surface area contributed by atoms with E-state index in [2.05, 4.69) is 11.9 Å². The average Bonchev–Trinajstić information content (AvgIpc) is 3.04. The van der Waals surface area contributed by atoms with Gasteiger partial charge < -0.3 is 10.6 Å². The van der Waals surface area contributed by atoms with E-state index in [9.17, 15) is 4.39 Å². The summed E-state index contributed by atoms with van der Waals surface area (Å²) in [7, 11) is 2.11. The molecule has 16 heavy (non-hydrogen) atoms. The highest BCUT2D eigenvalue weighted by molar-refractivity contribution is 5.24. The summed E-state index contributed by atoms with van der Waals surface area (Å²) in [4.78, 5) is 2.30. The number of hydrogen-bond acceptors (Lipinski definition) is 2. The first kappa shape index (κ1) is 11.6. The highest BCUT2D eigenvalue weighted by Gasteiger charge is 2.22. The van der Waals surface area contributed by atoms with Gasteiger partial charge in [0.05, 0.1) is 0 Å². The Morgan fingerprint density at radius 3 is 2.81 bits per heavy atom. The van der Waals surface area contributed by atoms with Crippen LogP contribution in [-0.4, -0.2) is 18.5 Å². The van der Waals surface area contributed by atoms with E-state index in [0.29, 0.717) is 5.56 Å². The number of benzene rings is 1. The van der Waals surface area contributed by atoms with Crippen LogP contribution in [0.2, 0.25) is 0 Å². The second kappa shape index (κ2) is 4.93. The molecule has 1 aromatic rings. The van der Waals surface area contributed by atoms with Crippen molar-refractivity contribution in [3.05, 3.63) is 35.1 Å². The molecule has 0 amide bonds. The van der Waals surface area contributed by atoms with E-state index < -0.39 is 0 Å². The maximum Gasteiger partial charge on any atom is 0.127 e. The van der Waals surface area contributed by atoms with Crippen molar-refractivity contribution in [3.8, 4) is 0 Å². The van der Waals surface area contributed by atoms with E-state index in [1.807, 2.05) is 12.1 Å². The van der Waals surface area contributed by atoms with Gasteiger partial charge in [-0.15, -0.1) is 0 Å². The molecule has 0 bridgehead atoms. The summed E-state index contributed by atoms with van der Waals surface area (Å²) in [6.45, 7) is 2.30. The first-order valence-electron chi connectivity index (χ1n) is 5.85. The summed E-state index contributed by atoms with van der Waals surface area (Å²) >= 11 is 0. The molecular weight excluding hydrogens is 203 g/mol. The van der Waals surface area contributed by atoms with Crippen molar-refractivity contribution in [2.75, 3.05) is 13.6 Å². The van der Waals surface area contributed by atoms with Crippen LogP contribution in [0.3, 0.4) is 0 Å². The number of rotatable bonds is 5. The van der Waals surface area contributed by atoms with Crippen LogP contribution in [0.5, 0.6) is 0 Å². The number of nitrogens with two attached hydrogens (primary N) is 1. The average molecular weight is 222 g/mol. The highest BCUT2D eigenvalue weighted by atomic mass is 19.1. The van der Waals surface area contributed by atoms with Gasteiger partial charge in [0.2, 0.25) is 0 Å². The van der Waals surface area contributed by atoms with Gasteiger partial charge >= 0.3 is 0 Å². The Bertz CT molecular complexity index is 361. The molecule has 1 saturated carbocycles. The molecule has 0 radical (unpaired) electrons. The first-order chi connectivity index (χ1) is 7.69. The fraction of sp³-hybridized carbons (Fsp3) is 0.538. The van der Waals surface area contributed by atoms with Gasteiger partial charge in [-0.2, -0.15) is 0 Å². The summed E-state index contributed by atoms with van der Waals surface area (Å²) in [6.07, 6.45) is 2.73. The fourth-order valence-corrected chi connectivity index (χ4v) is 2.00. The van der Waals surface area contributed by atoms with Crippen molar-refractivity contribution in [3.63, 3.8) is 0 Å². The lowest BCUT2D eigenvalue weighted by molar-refractivity contribution is 0.313. The van der Waals surface area contributed by atoms with E-state index in [4.69, 9.17) is 5.73 Å². The maximum atomic E-state index is 13.2. The number of hydrogen-bond donors (Lipinski definition) is 1. The predicted molar refractivity (Wildman–Crippen MR) is 63.3 cm³/mol. The van der Waals surface area contributed by atoms with Crippen LogP contribution in [0, 0.1) is 11.7 Å². The molecule has 1 fully saturated rings. The zero-order valence-electron chi connectivity index (χ0n) is 9.75. The highest BCUT2D eigenvalue weighted by Crippen LogP contribution is 2.29. The normalized spacial score (nSPS) is 15.8. The van der Waals surface area contributed by atoms with E-state index >= 15 is 0 Å². The Kier molecular flexibility index (Phi) is 3.56. The van der Waals surface area contributed by atoms with E-state index in [-0.39, 0.29) is 12.4 Å². The molecule has 0 saturated heterocycles. The van der Waals surface area contributed by atoms with Crippen molar-refractivity contribution in [1.29, 1.82) is 0 Å². The lowest BCUT2D eigenvalue weighted by Crippen LogP contribution is -2.20. The van der Waals surface area contributed by atoms with Crippen molar-refractivity contribution in [1.82, 2.24) is 4.90 Å². The van der Waals surface area contributed by atoms with Crippen LogP contribution in [-0.2, 0) is 13.1 Å². The SMILES string of the molecule is CN(Cc1ccc(F)c(CN)c1)CC1CC1. The molecule has 0 unspecified atom stereocenters. The molecular formula is C13H19FN2. The minimum atomic E-state index is -0.198. The zero-order chi connectivity index (χ0) is 11.5. The summed E-state index contributed by atoms with van der Waals surface area (Å²) in [5.74, 6) is 0.690. The quantitative estimate of drug-likeness (QED) is 0.827. The largest absolute Gasteiger partial charge is 0.326 e. The Hall–Kier alpha value is -0.930. The van der Waals surface area contributed by atoms with Crippen molar-refractivity contribution < 1.29 is 4.39 Å². The van der Waals surface area contributed by atoms with E-state index in [0.717, 1.165) is 24.6 Å². The van der Waals surface area contributed by atoms with E-state index in [1.54, 1.807) is 0 Å². The van der Waals surface area contributed by atoms with Crippen molar-refractivity contribution >= 4 is 0 Å². The fourth-order valence-electron chi connectivity index (χ4n) is 2.00. The molecule has 2 nitrogen and oxygen atoms in total. The molecule has 0 aliphatic heterocycles. The molecule has 2 rings (SSSR count). The zero-order valence-corrected chi connectivity index (χ0v) is 9.75. The van der Waals surface area contributed by atoms with Gasteiger partial charge in [0.1, 0.15) is 5.82 Å². The summed E-state index contributed by atoms with van der Waals surface area (Å²) in [6, 6.07) is 5.24. The Morgan fingerprint density at radius 1 is 1.44 bits per heavy atom.